The van der Waals surface area contributed by atoms with Gasteiger partial charge in [0, 0.05) is 55.6 Å². The molecule has 3 aliphatic heterocycles. The standard InChI is InChI=1S/C24H26ClNO4/c25-17-7-8-21-19(14-17)22-20(6-3-13-29-22)24(30-21)9-11-26(12-10-24)15-16-4-1-2-5-18(16)23(27)28/h1-2,4-5,7-8,14,20,22H,3,6,9-13,15H2,(H,27,28)/t20-,22+/m0/s1. The molecule has 0 radical (unpaired) electrons. The molecule has 0 aliphatic carbocycles. The number of ether oxygens (including phenoxy) is 2. The van der Waals surface area contributed by atoms with Crippen LogP contribution in [-0.2, 0) is 11.3 Å². The van der Waals surface area contributed by atoms with Gasteiger partial charge >= 0.3 is 5.97 Å². The molecule has 0 bridgehead atoms. The molecule has 2 aromatic carbocycles. The summed E-state index contributed by atoms with van der Waals surface area (Å²) in [6.07, 6.45) is 4.01. The van der Waals surface area contributed by atoms with E-state index in [0.717, 1.165) is 62.3 Å². The van der Waals surface area contributed by atoms with Crippen LogP contribution in [0.3, 0.4) is 0 Å². The van der Waals surface area contributed by atoms with E-state index < -0.39 is 5.97 Å². The molecule has 158 valence electrons. The van der Waals surface area contributed by atoms with Crippen LogP contribution in [0.25, 0.3) is 0 Å². The Morgan fingerprint density at radius 2 is 2.00 bits per heavy atom. The fraction of sp³-hybridized carbons (Fsp3) is 0.458. The third kappa shape index (κ3) is 3.49. The molecule has 2 fully saturated rings. The Morgan fingerprint density at radius 1 is 1.20 bits per heavy atom. The number of likely N-dealkylation sites (tertiary alicyclic amines) is 1. The second kappa shape index (κ2) is 7.88. The predicted octanol–water partition coefficient (Wildman–Crippen LogP) is 4.93. The van der Waals surface area contributed by atoms with Crippen molar-refractivity contribution in [2.24, 2.45) is 5.92 Å². The zero-order valence-corrected chi connectivity index (χ0v) is 17.6. The van der Waals surface area contributed by atoms with Gasteiger partial charge in [-0.2, -0.15) is 0 Å². The number of halogens is 1. The van der Waals surface area contributed by atoms with Crippen molar-refractivity contribution in [3.05, 3.63) is 64.2 Å². The minimum absolute atomic E-state index is 0.0421. The van der Waals surface area contributed by atoms with Gasteiger partial charge < -0.3 is 14.6 Å². The Bertz CT molecular complexity index is 954. The highest BCUT2D eigenvalue weighted by atomic mass is 35.5. The largest absolute Gasteiger partial charge is 0.486 e. The summed E-state index contributed by atoms with van der Waals surface area (Å²) in [4.78, 5) is 13.9. The lowest BCUT2D eigenvalue weighted by Crippen LogP contribution is -2.57. The van der Waals surface area contributed by atoms with Crippen molar-refractivity contribution in [2.75, 3.05) is 19.7 Å². The first-order chi connectivity index (χ1) is 14.6. The number of carboxylic acids is 1. The van der Waals surface area contributed by atoms with Gasteiger partial charge in [0.25, 0.3) is 0 Å². The molecule has 0 saturated carbocycles. The molecule has 30 heavy (non-hydrogen) atoms. The minimum Gasteiger partial charge on any atom is -0.486 e. The van der Waals surface area contributed by atoms with E-state index in [0.29, 0.717) is 23.0 Å². The quantitative estimate of drug-likeness (QED) is 0.752. The molecule has 1 spiro atoms. The number of rotatable bonds is 3. The van der Waals surface area contributed by atoms with Crippen molar-refractivity contribution >= 4 is 17.6 Å². The summed E-state index contributed by atoms with van der Waals surface area (Å²) >= 11 is 6.26. The van der Waals surface area contributed by atoms with E-state index in [4.69, 9.17) is 21.1 Å². The average Bonchev–Trinajstić information content (AvgIpc) is 2.76. The van der Waals surface area contributed by atoms with E-state index in [1.165, 1.54) is 0 Å². The number of carbonyl (C=O) groups is 1. The molecular formula is C24H26ClNO4. The van der Waals surface area contributed by atoms with Gasteiger partial charge in [-0.3, -0.25) is 4.90 Å². The number of benzene rings is 2. The first kappa shape index (κ1) is 19.9. The minimum atomic E-state index is -0.868. The van der Waals surface area contributed by atoms with Gasteiger partial charge in [-0.15, -0.1) is 0 Å². The van der Waals surface area contributed by atoms with E-state index in [1.807, 2.05) is 30.3 Å². The first-order valence-corrected chi connectivity index (χ1v) is 11.1. The molecule has 6 heteroatoms. The lowest BCUT2D eigenvalue weighted by molar-refractivity contribution is -0.150. The van der Waals surface area contributed by atoms with Crippen molar-refractivity contribution in [1.82, 2.24) is 4.90 Å². The highest BCUT2D eigenvalue weighted by Gasteiger charge is 2.52. The number of carboxylic acid groups (broad SMARTS) is 1. The lowest BCUT2D eigenvalue weighted by Gasteiger charge is -2.53. The highest BCUT2D eigenvalue weighted by Crippen LogP contribution is 2.53. The smallest absolute Gasteiger partial charge is 0.336 e. The molecular weight excluding hydrogens is 402 g/mol. The second-order valence-corrected chi connectivity index (χ2v) is 9.06. The maximum Gasteiger partial charge on any atom is 0.336 e. The van der Waals surface area contributed by atoms with Gasteiger partial charge in [0.15, 0.2) is 0 Å². The zero-order chi connectivity index (χ0) is 20.7. The molecule has 1 N–H and O–H groups in total. The molecule has 3 aliphatic rings. The Balaban J connectivity index is 1.36. The summed E-state index contributed by atoms with van der Waals surface area (Å²) in [5.74, 6) is 0.352. The number of aromatic carboxylic acids is 1. The van der Waals surface area contributed by atoms with E-state index in [9.17, 15) is 9.90 Å². The van der Waals surface area contributed by atoms with Crippen molar-refractivity contribution < 1.29 is 19.4 Å². The van der Waals surface area contributed by atoms with Crippen LogP contribution in [0.1, 0.15) is 53.3 Å². The van der Waals surface area contributed by atoms with Gasteiger partial charge in [-0.1, -0.05) is 29.8 Å². The maximum absolute atomic E-state index is 11.5. The molecule has 2 aromatic rings. The fourth-order valence-electron chi connectivity index (χ4n) is 5.43. The highest BCUT2D eigenvalue weighted by molar-refractivity contribution is 6.30. The van der Waals surface area contributed by atoms with Gasteiger partial charge in [0.2, 0.25) is 0 Å². The molecule has 0 aromatic heterocycles. The Morgan fingerprint density at radius 3 is 2.80 bits per heavy atom. The molecule has 0 amide bonds. The normalized spacial score (nSPS) is 25.2. The lowest BCUT2D eigenvalue weighted by atomic mass is 9.70. The van der Waals surface area contributed by atoms with Crippen LogP contribution < -0.4 is 4.74 Å². The Labute approximate surface area is 181 Å². The monoisotopic (exact) mass is 427 g/mol. The third-order valence-corrected chi connectivity index (χ3v) is 7.17. The van der Waals surface area contributed by atoms with Crippen LogP contribution in [0.5, 0.6) is 5.75 Å². The number of fused-ring (bicyclic) bond motifs is 4. The summed E-state index contributed by atoms with van der Waals surface area (Å²) in [5.41, 5.74) is 2.10. The van der Waals surface area contributed by atoms with Crippen molar-refractivity contribution in [2.45, 2.75) is 43.9 Å². The summed E-state index contributed by atoms with van der Waals surface area (Å²) in [6.45, 7) is 3.18. The van der Waals surface area contributed by atoms with Crippen molar-refractivity contribution in [1.29, 1.82) is 0 Å². The number of hydrogen-bond donors (Lipinski definition) is 1. The molecule has 5 rings (SSSR count). The average molecular weight is 428 g/mol. The van der Waals surface area contributed by atoms with Crippen LogP contribution in [0.2, 0.25) is 5.02 Å². The summed E-state index contributed by atoms with van der Waals surface area (Å²) in [6, 6.07) is 13.1. The molecule has 2 saturated heterocycles. The SMILES string of the molecule is O=C(O)c1ccccc1CN1CCC2(CC1)Oc1ccc(Cl)cc1[C@H]1OCCC[C@@H]12. The molecule has 3 heterocycles. The van der Waals surface area contributed by atoms with E-state index in [-0.39, 0.29) is 11.7 Å². The van der Waals surface area contributed by atoms with Gasteiger partial charge in [0.1, 0.15) is 11.4 Å². The number of hydrogen-bond acceptors (Lipinski definition) is 4. The maximum atomic E-state index is 11.5. The topological polar surface area (TPSA) is 59.0 Å². The third-order valence-electron chi connectivity index (χ3n) is 6.93. The van der Waals surface area contributed by atoms with Crippen LogP contribution >= 0.6 is 11.6 Å². The van der Waals surface area contributed by atoms with E-state index >= 15 is 0 Å². The summed E-state index contributed by atoms with van der Waals surface area (Å²) in [7, 11) is 0. The van der Waals surface area contributed by atoms with E-state index in [1.54, 1.807) is 12.1 Å². The fourth-order valence-corrected chi connectivity index (χ4v) is 5.61. The van der Waals surface area contributed by atoms with Crippen LogP contribution in [0.15, 0.2) is 42.5 Å². The van der Waals surface area contributed by atoms with Gasteiger partial charge in [-0.25, -0.2) is 4.79 Å². The zero-order valence-electron chi connectivity index (χ0n) is 16.9. The Kier molecular flexibility index (Phi) is 5.21. The number of piperidine rings is 1. The van der Waals surface area contributed by atoms with Crippen molar-refractivity contribution in [3.63, 3.8) is 0 Å². The van der Waals surface area contributed by atoms with Crippen LogP contribution in [0, 0.1) is 5.92 Å². The first-order valence-electron chi connectivity index (χ1n) is 10.7. The van der Waals surface area contributed by atoms with Crippen LogP contribution in [-0.4, -0.2) is 41.3 Å². The molecule has 0 unspecified atom stereocenters. The molecule has 2 atom stereocenters. The van der Waals surface area contributed by atoms with Gasteiger partial charge in [0.05, 0.1) is 11.7 Å². The number of nitrogens with zero attached hydrogens (tertiary/aromatic N) is 1. The Hall–Kier alpha value is -2.08. The second-order valence-electron chi connectivity index (χ2n) is 8.63. The molecule has 5 nitrogen and oxygen atoms in total. The van der Waals surface area contributed by atoms with Crippen LogP contribution in [0.4, 0.5) is 0 Å². The summed E-state index contributed by atoms with van der Waals surface area (Å²) in [5, 5.41) is 10.2. The van der Waals surface area contributed by atoms with E-state index in [2.05, 4.69) is 4.90 Å². The summed E-state index contributed by atoms with van der Waals surface area (Å²) < 4.78 is 12.9. The van der Waals surface area contributed by atoms with Crippen molar-refractivity contribution in [3.8, 4) is 5.75 Å². The predicted molar refractivity (Wildman–Crippen MR) is 114 cm³/mol. The van der Waals surface area contributed by atoms with Gasteiger partial charge in [-0.05, 0) is 42.7 Å².